The van der Waals surface area contributed by atoms with Gasteiger partial charge in [0, 0.05) is 10.5 Å². The van der Waals surface area contributed by atoms with Gasteiger partial charge < -0.3 is 10.8 Å². The van der Waals surface area contributed by atoms with E-state index >= 15 is 0 Å². The Balaban J connectivity index is 2.69. The first kappa shape index (κ1) is 10.7. The highest BCUT2D eigenvalue weighted by atomic mass is 79.9. The van der Waals surface area contributed by atoms with E-state index in [1.807, 2.05) is 24.3 Å². The second-order valence-electron chi connectivity index (χ2n) is 3.20. The molecule has 0 aliphatic carbocycles. The fourth-order valence-corrected chi connectivity index (χ4v) is 1.54. The molecule has 0 amide bonds. The van der Waals surface area contributed by atoms with Gasteiger partial charge in [0.25, 0.3) is 0 Å². The van der Waals surface area contributed by atoms with Gasteiger partial charge in [-0.05, 0) is 25.0 Å². The maximum Gasteiger partial charge on any atom is 0.0666 e. The van der Waals surface area contributed by atoms with Crippen molar-refractivity contribution in [1.82, 2.24) is 0 Å². The summed E-state index contributed by atoms with van der Waals surface area (Å²) in [4.78, 5) is 0. The van der Waals surface area contributed by atoms with E-state index in [0.29, 0.717) is 6.42 Å². The van der Waals surface area contributed by atoms with Crippen LogP contribution in [0, 0.1) is 0 Å². The van der Waals surface area contributed by atoms with E-state index in [0.717, 1.165) is 10.0 Å². The Hall–Kier alpha value is -0.380. The molecule has 2 atom stereocenters. The number of aliphatic hydroxyl groups is 1. The van der Waals surface area contributed by atoms with Gasteiger partial charge >= 0.3 is 0 Å². The van der Waals surface area contributed by atoms with Crippen molar-refractivity contribution in [3.05, 3.63) is 34.3 Å². The molecule has 0 saturated heterocycles. The minimum atomic E-state index is -0.466. The summed E-state index contributed by atoms with van der Waals surface area (Å²) in [6.45, 7) is 1.71. The predicted octanol–water partition coefficient (Wildman–Crippen LogP) is 1.70. The molecule has 0 fully saturated rings. The van der Waals surface area contributed by atoms with Crippen LogP contribution in [-0.4, -0.2) is 17.3 Å². The summed E-state index contributed by atoms with van der Waals surface area (Å²) in [6, 6.07) is 7.71. The van der Waals surface area contributed by atoms with Crippen molar-refractivity contribution in [2.75, 3.05) is 0 Å². The summed E-state index contributed by atoms with van der Waals surface area (Å²) in [5.41, 5.74) is 6.88. The molecule has 0 saturated carbocycles. The molecule has 1 aromatic rings. The van der Waals surface area contributed by atoms with Crippen LogP contribution in [0.2, 0.25) is 0 Å². The quantitative estimate of drug-likeness (QED) is 0.850. The number of benzene rings is 1. The second kappa shape index (κ2) is 4.74. The number of halogens is 1. The number of hydrogen-bond acceptors (Lipinski definition) is 2. The molecule has 0 aliphatic heterocycles. The topological polar surface area (TPSA) is 46.2 Å². The Morgan fingerprint density at radius 1 is 1.46 bits per heavy atom. The lowest BCUT2D eigenvalue weighted by atomic mass is 10.0. The lowest BCUT2D eigenvalue weighted by molar-refractivity contribution is 0.163. The maximum absolute atomic E-state index is 9.23. The van der Waals surface area contributed by atoms with Crippen molar-refractivity contribution in [3.63, 3.8) is 0 Å². The normalized spacial score (nSPS) is 15.4. The minimum absolute atomic E-state index is 0.196. The van der Waals surface area contributed by atoms with E-state index in [-0.39, 0.29) is 6.04 Å². The largest absolute Gasteiger partial charge is 0.392 e. The molecule has 0 radical (unpaired) electrons. The standard InChI is InChI=1S/C10H14BrNO/c1-7(13)10(12)6-8-4-2-3-5-9(8)11/h2-5,7,10,13H,6,12H2,1H3. The summed E-state index contributed by atoms with van der Waals surface area (Å²) < 4.78 is 1.05. The molecule has 3 N–H and O–H groups in total. The molecule has 0 aliphatic rings. The van der Waals surface area contributed by atoms with E-state index < -0.39 is 6.10 Å². The summed E-state index contributed by atoms with van der Waals surface area (Å²) >= 11 is 3.44. The van der Waals surface area contributed by atoms with Gasteiger partial charge in [-0.15, -0.1) is 0 Å². The molecule has 0 bridgehead atoms. The van der Waals surface area contributed by atoms with Gasteiger partial charge in [-0.3, -0.25) is 0 Å². The van der Waals surface area contributed by atoms with Gasteiger partial charge in [-0.2, -0.15) is 0 Å². The molecule has 0 spiro atoms. The smallest absolute Gasteiger partial charge is 0.0666 e. The summed E-state index contributed by atoms with van der Waals surface area (Å²) in [7, 11) is 0. The Morgan fingerprint density at radius 3 is 2.62 bits per heavy atom. The van der Waals surface area contributed by atoms with Gasteiger partial charge in [0.2, 0.25) is 0 Å². The lowest BCUT2D eigenvalue weighted by Gasteiger charge is -2.15. The van der Waals surface area contributed by atoms with Crippen LogP contribution in [0.4, 0.5) is 0 Å². The minimum Gasteiger partial charge on any atom is -0.392 e. The summed E-state index contributed by atoms with van der Waals surface area (Å²) in [5, 5.41) is 9.23. The number of aliphatic hydroxyl groups excluding tert-OH is 1. The number of hydrogen-bond donors (Lipinski definition) is 2. The van der Waals surface area contributed by atoms with Crippen molar-refractivity contribution >= 4 is 15.9 Å². The van der Waals surface area contributed by atoms with E-state index in [2.05, 4.69) is 15.9 Å². The zero-order valence-electron chi connectivity index (χ0n) is 7.57. The Labute approximate surface area is 86.9 Å². The molecule has 0 aromatic heterocycles. The van der Waals surface area contributed by atoms with Crippen LogP contribution < -0.4 is 5.73 Å². The Bertz CT molecular complexity index is 275. The average molecular weight is 244 g/mol. The van der Waals surface area contributed by atoms with Crippen molar-refractivity contribution in [3.8, 4) is 0 Å². The van der Waals surface area contributed by atoms with Crippen LogP contribution in [0.1, 0.15) is 12.5 Å². The van der Waals surface area contributed by atoms with Crippen LogP contribution in [0.25, 0.3) is 0 Å². The molecule has 0 heterocycles. The van der Waals surface area contributed by atoms with E-state index in [4.69, 9.17) is 5.73 Å². The highest BCUT2D eigenvalue weighted by Gasteiger charge is 2.11. The first-order chi connectivity index (χ1) is 6.11. The monoisotopic (exact) mass is 243 g/mol. The highest BCUT2D eigenvalue weighted by Crippen LogP contribution is 2.17. The van der Waals surface area contributed by atoms with Crippen LogP contribution in [0.15, 0.2) is 28.7 Å². The predicted molar refractivity (Wildman–Crippen MR) is 57.5 cm³/mol. The molecule has 2 nitrogen and oxygen atoms in total. The van der Waals surface area contributed by atoms with Gasteiger partial charge in [-0.1, -0.05) is 34.1 Å². The fourth-order valence-electron chi connectivity index (χ4n) is 1.09. The molecule has 1 rings (SSSR count). The zero-order chi connectivity index (χ0) is 9.84. The summed E-state index contributed by atoms with van der Waals surface area (Å²) in [6.07, 6.45) is 0.228. The van der Waals surface area contributed by atoms with Crippen molar-refractivity contribution in [1.29, 1.82) is 0 Å². The Kier molecular flexibility index (Phi) is 3.90. The lowest BCUT2D eigenvalue weighted by Crippen LogP contribution is -2.34. The van der Waals surface area contributed by atoms with Gasteiger partial charge in [0.15, 0.2) is 0 Å². The molecule has 72 valence electrons. The van der Waals surface area contributed by atoms with Gasteiger partial charge in [-0.25, -0.2) is 0 Å². The van der Waals surface area contributed by atoms with Gasteiger partial charge in [0.05, 0.1) is 6.10 Å². The number of rotatable bonds is 3. The molecule has 2 unspecified atom stereocenters. The maximum atomic E-state index is 9.23. The van der Waals surface area contributed by atoms with Crippen molar-refractivity contribution in [2.45, 2.75) is 25.5 Å². The second-order valence-corrected chi connectivity index (χ2v) is 4.05. The van der Waals surface area contributed by atoms with Crippen molar-refractivity contribution in [2.24, 2.45) is 5.73 Å². The van der Waals surface area contributed by atoms with Gasteiger partial charge in [0.1, 0.15) is 0 Å². The Morgan fingerprint density at radius 2 is 2.08 bits per heavy atom. The van der Waals surface area contributed by atoms with E-state index in [1.165, 1.54) is 0 Å². The zero-order valence-corrected chi connectivity index (χ0v) is 9.16. The van der Waals surface area contributed by atoms with E-state index in [9.17, 15) is 5.11 Å². The third-order valence-electron chi connectivity index (χ3n) is 2.03. The molecular weight excluding hydrogens is 230 g/mol. The molecule has 1 aromatic carbocycles. The third kappa shape index (κ3) is 3.10. The fraction of sp³-hybridized carbons (Fsp3) is 0.400. The van der Waals surface area contributed by atoms with Crippen LogP contribution >= 0.6 is 15.9 Å². The van der Waals surface area contributed by atoms with Crippen LogP contribution in [0.3, 0.4) is 0 Å². The SMILES string of the molecule is CC(O)C(N)Cc1ccccc1Br. The third-order valence-corrected chi connectivity index (χ3v) is 2.81. The first-order valence-corrected chi connectivity index (χ1v) is 5.07. The van der Waals surface area contributed by atoms with Crippen molar-refractivity contribution < 1.29 is 5.11 Å². The average Bonchev–Trinajstić information content (AvgIpc) is 2.08. The van der Waals surface area contributed by atoms with Crippen LogP contribution in [-0.2, 0) is 6.42 Å². The first-order valence-electron chi connectivity index (χ1n) is 4.28. The molecular formula is C10H14BrNO. The van der Waals surface area contributed by atoms with Crippen LogP contribution in [0.5, 0.6) is 0 Å². The molecule has 13 heavy (non-hydrogen) atoms. The number of nitrogens with two attached hydrogens (primary N) is 1. The highest BCUT2D eigenvalue weighted by molar-refractivity contribution is 9.10. The molecule has 3 heteroatoms. The van der Waals surface area contributed by atoms with E-state index in [1.54, 1.807) is 6.92 Å². The summed E-state index contributed by atoms with van der Waals surface area (Å²) in [5.74, 6) is 0.